The molecule has 0 amide bonds. The number of thiophene rings is 1. The molecule has 0 bridgehead atoms. The summed E-state index contributed by atoms with van der Waals surface area (Å²) in [4.78, 5) is 1.38. The SMILES string of the molecule is CNC(COC(C)C)Cc1cc(Br)cs1. The number of rotatable bonds is 6. The molecule has 0 saturated heterocycles. The van der Waals surface area contributed by atoms with Crippen molar-refractivity contribution in [2.24, 2.45) is 0 Å². The van der Waals surface area contributed by atoms with Gasteiger partial charge in [-0.05, 0) is 49.3 Å². The molecule has 2 nitrogen and oxygen atoms in total. The van der Waals surface area contributed by atoms with Gasteiger partial charge in [0.15, 0.2) is 0 Å². The lowest BCUT2D eigenvalue weighted by atomic mass is 10.2. The summed E-state index contributed by atoms with van der Waals surface area (Å²) in [5.74, 6) is 0. The van der Waals surface area contributed by atoms with E-state index in [0.717, 1.165) is 13.0 Å². The standard InChI is InChI=1S/C11H18BrNOS/c1-8(2)14-6-10(13-3)5-11-4-9(12)7-15-11/h4,7-8,10,13H,5-6H2,1-3H3. The third-order valence-electron chi connectivity index (χ3n) is 2.11. The number of nitrogens with one attached hydrogen (secondary N) is 1. The second-order valence-electron chi connectivity index (χ2n) is 3.80. The Morgan fingerprint density at radius 2 is 2.27 bits per heavy atom. The van der Waals surface area contributed by atoms with Crippen molar-refractivity contribution in [2.75, 3.05) is 13.7 Å². The van der Waals surface area contributed by atoms with Crippen LogP contribution in [0.25, 0.3) is 0 Å². The highest BCUT2D eigenvalue weighted by atomic mass is 79.9. The normalized spacial score (nSPS) is 13.4. The zero-order chi connectivity index (χ0) is 11.3. The molecule has 1 unspecified atom stereocenters. The molecule has 0 aliphatic rings. The summed E-state index contributed by atoms with van der Waals surface area (Å²) in [5, 5.41) is 5.40. The van der Waals surface area contributed by atoms with Gasteiger partial charge >= 0.3 is 0 Å². The lowest BCUT2D eigenvalue weighted by Crippen LogP contribution is -2.33. The van der Waals surface area contributed by atoms with Crippen molar-refractivity contribution in [1.29, 1.82) is 0 Å². The predicted octanol–water partition coefficient (Wildman–Crippen LogP) is 3.07. The van der Waals surface area contributed by atoms with Crippen LogP contribution in [-0.4, -0.2) is 25.8 Å². The first kappa shape index (κ1) is 13.2. The second-order valence-corrected chi connectivity index (χ2v) is 5.71. The topological polar surface area (TPSA) is 21.3 Å². The van der Waals surface area contributed by atoms with Gasteiger partial charge in [-0.25, -0.2) is 0 Å². The Balaban J connectivity index is 2.39. The molecule has 0 saturated carbocycles. The van der Waals surface area contributed by atoms with Gasteiger partial charge in [0.2, 0.25) is 0 Å². The number of ether oxygens (including phenoxy) is 1. The van der Waals surface area contributed by atoms with Gasteiger partial charge in [-0.3, -0.25) is 0 Å². The molecule has 1 N–H and O–H groups in total. The Morgan fingerprint density at radius 3 is 2.73 bits per heavy atom. The molecule has 0 aliphatic heterocycles. The van der Waals surface area contributed by atoms with Crippen LogP contribution < -0.4 is 5.32 Å². The fourth-order valence-corrected chi connectivity index (χ4v) is 2.79. The Hall–Kier alpha value is 0.1000. The zero-order valence-corrected chi connectivity index (χ0v) is 11.8. The molecule has 1 aromatic heterocycles. The molecule has 1 heterocycles. The van der Waals surface area contributed by atoms with Gasteiger partial charge in [0.25, 0.3) is 0 Å². The molecule has 0 spiro atoms. The van der Waals surface area contributed by atoms with Crippen LogP contribution in [0.15, 0.2) is 15.9 Å². The molecule has 86 valence electrons. The third-order valence-corrected chi connectivity index (χ3v) is 3.83. The minimum atomic E-state index is 0.302. The molecule has 0 aromatic carbocycles. The van der Waals surface area contributed by atoms with Gasteiger partial charge in [-0.2, -0.15) is 0 Å². The average molecular weight is 292 g/mol. The first-order valence-electron chi connectivity index (χ1n) is 5.13. The molecule has 1 atom stereocenters. The van der Waals surface area contributed by atoms with Crippen molar-refractivity contribution in [3.05, 3.63) is 20.8 Å². The number of hydrogen-bond donors (Lipinski definition) is 1. The summed E-state index contributed by atoms with van der Waals surface area (Å²) in [6, 6.07) is 2.57. The summed E-state index contributed by atoms with van der Waals surface area (Å²) >= 11 is 5.25. The van der Waals surface area contributed by atoms with Crippen molar-refractivity contribution in [1.82, 2.24) is 5.32 Å². The van der Waals surface area contributed by atoms with E-state index in [9.17, 15) is 0 Å². The van der Waals surface area contributed by atoms with Crippen LogP contribution in [0.2, 0.25) is 0 Å². The highest BCUT2D eigenvalue weighted by molar-refractivity contribution is 9.10. The summed E-state index contributed by atoms with van der Waals surface area (Å²) in [6.45, 7) is 4.90. The monoisotopic (exact) mass is 291 g/mol. The van der Waals surface area contributed by atoms with E-state index in [1.807, 2.05) is 7.05 Å². The second kappa shape index (κ2) is 6.63. The first-order valence-corrected chi connectivity index (χ1v) is 6.81. The summed E-state index contributed by atoms with van der Waals surface area (Å²) < 4.78 is 6.77. The fraction of sp³-hybridized carbons (Fsp3) is 0.636. The number of likely N-dealkylation sites (N-methyl/N-ethyl adjacent to an activating group) is 1. The van der Waals surface area contributed by atoms with E-state index in [0.29, 0.717) is 12.1 Å². The lowest BCUT2D eigenvalue weighted by molar-refractivity contribution is 0.0629. The Labute approximate surface area is 104 Å². The van der Waals surface area contributed by atoms with E-state index in [1.54, 1.807) is 11.3 Å². The van der Waals surface area contributed by atoms with Gasteiger partial charge in [0.1, 0.15) is 0 Å². The zero-order valence-electron chi connectivity index (χ0n) is 9.42. The van der Waals surface area contributed by atoms with Gasteiger partial charge in [0, 0.05) is 20.8 Å². The summed E-state index contributed by atoms with van der Waals surface area (Å²) in [5.41, 5.74) is 0. The highest BCUT2D eigenvalue weighted by Crippen LogP contribution is 2.21. The Kier molecular flexibility index (Phi) is 5.82. The van der Waals surface area contributed by atoms with E-state index in [2.05, 4.69) is 46.5 Å². The van der Waals surface area contributed by atoms with Gasteiger partial charge in [-0.1, -0.05) is 0 Å². The lowest BCUT2D eigenvalue weighted by Gasteiger charge is -2.17. The van der Waals surface area contributed by atoms with Crippen molar-refractivity contribution in [2.45, 2.75) is 32.4 Å². The maximum atomic E-state index is 5.60. The highest BCUT2D eigenvalue weighted by Gasteiger charge is 2.09. The van der Waals surface area contributed by atoms with Gasteiger partial charge in [-0.15, -0.1) is 11.3 Å². The van der Waals surface area contributed by atoms with Crippen LogP contribution in [0.1, 0.15) is 18.7 Å². The fourth-order valence-electron chi connectivity index (χ4n) is 1.26. The quantitative estimate of drug-likeness (QED) is 0.870. The van der Waals surface area contributed by atoms with Gasteiger partial charge in [0.05, 0.1) is 12.7 Å². The largest absolute Gasteiger partial charge is 0.377 e. The molecule has 4 heteroatoms. The molecule has 1 aromatic rings. The van der Waals surface area contributed by atoms with Crippen LogP contribution in [0.4, 0.5) is 0 Å². The van der Waals surface area contributed by atoms with Gasteiger partial charge < -0.3 is 10.1 Å². The smallest absolute Gasteiger partial charge is 0.0626 e. The van der Waals surface area contributed by atoms with Crippen molar-refractivity contribution < 1.29 is 4.74 Å². The maximum absolute atomic E-state index is 5.60. The van der Waals surface area contributed by atoms with E-state index in [1.165, 1.54) is 9.35 Å². The average Bonchev–Trinajstić information content (AvgIpc) is 2.58. The molecular weight excluding hydrogens is 274 g/mol. The molecular formula is C11H18BrNOS. The Bertz CT molecular complexity index is 288. The molecule has 1 rings (SSSR count). The van der Waals surface area contributed by atoms with E-state index in [4.69, 9.17) is 4.74 Å². The predicted molar refractivity (Wildman–Crippen MR) is 69.7 cm³/mol. The van der Waals surface area contributed by atoms with Crippen LogP contribution in [0, 0.1) is 0 Å². The van der Waals surface area contributed by atoms with Crippen LogP contribution >= 0.6 is 27.3 Å². The van der Waals surface area contributed by atoms with Crippen LogP contribution in [0.3, 0.4) is 0 Å². The van der Waals surface area contributed by atoms with E-state index >= 15 is 0 Å². The molecule has 0 radical (unpaired) electrons. The molecule has 0 aliphatic carbocycles. The summed E-state index contributed by atoms with van der Waals surface area (Å²) in [6.07, 6.45) is 1.33. The van der Waals surface area contributed by atoms with E-state index < -0.39 is 0 Å². The summed E-state index contributed by atoms with van der Waals surface area (Å²) in [7, 11) is 1.98. The van der Waals surface area contributed by atoms with Crippen LogP contribution in [-0.2, 0) is 11.2 Å². The number of hydrogen-bond acceptors (Lipinski definition) is 3. The third kappa shape index (κ3) is 5.11. The Morgan fingerprint density at radius 1 is 1.53 bits per heavy atom. The minimum Gasteiger partial charge on any atom is -0.377 e. The van der Waals surface area contributed by atoms with Crippen molar-refractivity contribution >= 4 is 27.3 Å². The van der Waals surface area contributed by atoms with Crippen LogP contribution in [0.5, 0.6) is 0 Å². The minimum absolute atomic E-state index is 0.302. The van der Waals surface area contributed by atoms with Crippen molar-refractivity contribution in [3.63, 3.8) is 0 Å². The van der Waals surface area contributed by atoms with Crippen molar-refractivity contribution in [3.8, 4) is 0 Å². The van der Waals surface area contributed by atoms with E-state index in [-0.39, 0.29) is 0 Å². The maximum Gasteiger partial charge on any atom is 0.0626 e. The molecule has 15 heavy (non-hydrogen) atoms. The number of halogens is 1. The first-order chi connectivity index (χ1) is 7.11. The molecule has 0 fully saturated rings.